The number of likely N-dealkylation sites (tertiary alicyclic amines) is 1. The third kappa shape index (κ3) is 5.22. The molecule has 3 heterocycles. The number of carbonyl (C=O) groups excluding carboxylic acids is 3. The molecule has 2 aromatic carbocycles. The van der Waals surface area contributed by atoms with Crippen LogP contribution in [0, 0.1) is 11.8 Å². The van der Waals surface area contributed by atoms with E-state index in [1.165, 1.54) is 0 Å². The fourth-order valence-electron chi connectivity index (χ4n) is 7.25. The van der Waals surface area contributed by atoms with E-state index in [4.69, 9.17) is 18.9 Å². The Hall–Kier alpha value is -4.05. The summed E-state index contributed by atoms with van der Waals surface area (Å²) in [6.07, 6.45) is 8.68. The maximum absolute atomic E-state index is 14.3. The van der Waals surface area contributed by atoms with E-state index in [9.17, 15) is 14.4 Å². The molecule has 4 aliphatic rings. The van der Waals surface area contributed by atoms with Crippen molar-refractivity contribution >= 4 is 23.4 Å². The lowest BCUT2D eigenvalue weighted by atomic mass is 9.74. The van der Waals surface area contributed by atoms with Crippen molar-refractivity contribution in [3.05, 3.63) is 60.2 Å². The Morgan fingerprint density at radius 1 is 0.977 bits per heavy atom. The van der Waals surface area contributed by atoms with Gasteiger partial charge in [-0.15, -0.1) is 0 Å². The van der Waals surface area contributed by atoms with Crippen molar-refractivity contribution in [1.29, 1.82) is 0 Å². The molecule has 228 valence electrons. The molecule has 10 heteroatoms. The van der Waals surface area contributed by atoms with E-state index in [0.717, 1.165) is 37.7 Å². The molecule has 3 fully saturated rings. The largest absolute Gasteiger partial charge is 0.497 e. The summed E-state index contributed by atoms with van der Waals surface area (Å²) >= 11 is 0. The van der Waals surface area contributed by atoms with Crippen molar-refractivity contribution < 1.29 is 33.3 Å². The molecule has 0 radical (unpaired) electrons. The lowest BCUT2D eigenvalue weighted by Gasteiger charge is -2.34. The number of benzene rings is 2. The number of ether oxygens (including phenoxy) is 4. The molecule has 1 aliphatic carbocycles. The van der Waals surface area contributed by atoms with Gasteiger partial charge in [-0.1, -0.05) is 43.5 Å². The van der Waals surface area contributed by atoms with Crippen LogP contribution >= 0.6 is 0 Å². The molecule has 5 atom stereocenters. The van der Waals surface area contributed by atoms with Crippen LogP contribution < -0.4 is 24.8 Å². The molecule has 2 aromatic rings. The maximum atomic E-state index is 14.3. The SMILES string of the molecule is COc1cccc(NC(=O)[C@@H]2[C@@H]3C=C[C@]4(O3)[C@@H]2C(=O)N(CCc2ccc(OC)c(OC)c2)[C@@H]4C(=O)NC2CCCCC2)c1. The van der Waals surface area contributed by atoms with Crippen LogP contribution in [-0.4, -0.2) is 74.3 Å². The fraction of sp³-hybridized carbons (Fsp3) is 0.485. The minimum atomic E-state index is -1.21. The van der Waals surface area contributed by atoms with Gasteiger partial charge in [0.15, 0.2) is 11.5 Å². The number of anilines is 1. The number of hydrogen-bond donors (Lipinski definition) is 2. The molecule has 6 rings (SSSR count). The standard InChI is InChI=1S/C33H39N3O7/c1-40-23-11-7-10-22(19-23)35-30(37)27-25-14-16-33(43-25)28(27)32(39)36(29(33)31(38)34-21-8-5-4-6-9-21)17-15-20-12-13-24(41-2)26(18-20)42-3/h7,10-14,16,18-19,21,25,27-29H,4-6,8-9,15,17H2,1-3H3,(H,34,38)(H,35,37)/t25-,27+,28-,29+,33-/m0/s1. The van der Waals surface area contributed by atoms with E-state index in [1.807, 2.05) is 30.4 Å². The minimum absolute atomic E-state index is 0.0641. The third-order valence-corrected chi connectivity index (χ3v) is 9.30. The summed E-state index contributed by atoms with van der Waals surface area (Å²) in [7, 11) is 4.72. The van der Waals surface area contributed by atoms with Crippen LogP contribution in [-0.2, 0) is 25.5 Å². The van der Waals surface area contributed by atoms with Crippen molar-refractivity contribution in [2.24, 2.45) is 11.8 Å². The number of hydrogen-bond acceptors (Lipinski definition) is 7. The first-order chi connectivity index (χ1) is 20.9. The van der Waals surface area contributed by atoms with Crippen LogP contribution in [0.5, 0.6) is 17.2 Å². The number of amides is 3. The third-order valence-electron chi connectivity index (χ3n) is 9.30. The molecule has 2 N–H and O–H groups in total. The lowest BCUT2D eigenvalue weighted by Crippen LogP contribution is -2.56. The molecular weight excluding hydrogens is 550 g/mol. The van der Waals surface area contributed by atoms with E-state index in [0.29, 0.717) is 29.4 Å². The van der Waals surface area contributed by atoms with E-state index >= 15 is 0 Å². The summed E-state index contributed by atoms with van der Waals surface area (Å²) in [4.78, 5) is 43.7. The van der Waals surface area contributed by atoms with Crippen LogP contribution in [0.25, 0.3) is 0 Å². The van der Waals surface area contributed by atoms with E-state index in [2.05, 4.69) is 10.6 Å². The second kappa shape index (κ2) is 11.9. The molecular formula is C33H39N3O7. The zero-order valence-electron chi connectivity index (χ0n) is 24.8. The zero-order chi connectivity index (χ0) is 30.1. The van der Waals surface area contributed by atoms with Crippen LogP contribution in [0.15, 0.2) is 54.6 Å². The van der Waals surface area contributed by atoms with Crippen molar-refractivity contribution in [1.82, 2.24) is 10.2 Å². The number of rotatable bonds is 10. The second-order valence-corrected chi connectivity index (χ2v) is 11.7. The van der Waals surface area contributed by atoms with Gasteiger partial charge in [0.1, 0.15) is 17.4 Å². The van der Waals surface area contributed by atoms with Crippen molar-refractivity contribution in [2.45, 2.75) is 62.3 Å². The normalized spacial score (nSPS) is 27.6. The summed E-state index contributed by atoms with van der Waals surface area (Å²) in [5, 5.41) is 6.18. The highest BCUT2D eigenvalue weighted by molar-refractivity contribution is 6.02. The fourth-order valence-corrected chi connectivity index (χ4v) is 7.25. The first-order valence-corrected chi connectivity index (χ1v) is 15.0. The summed E-state index contributed by atoms with van der Waals surface area (Å²) in [6, 6.07) is 11.9. The Bertz CT molecular complexity index is 1420. The second-order valence-electron chi connectivity index (χ2n) is 11.7. The van der Waals surface area contributed by atoms with Gasteiger partial charge in [0.2, 0.25) is 17.7 Å². The summed E-state index contributed by atoms with van der Waals surface area (Å²) in [6.45, 7) is 0.279. The van der Waals surface area contributed by atoms with Gasteiger partial charge in [-0.05, 0) is 49.1 Å². The first kappa shape index (κ1) is 29.0. The summed E-state index contributed by atoms with van der Waals surface area (Å²) in [5.41, 5.74) is 0.279. The molecule has 43 heavy (non-hydrogen) atoms. The first-order valence-electron chi connectivity index (χ1n) is 15.0. The van der Waals surface area contributed by atoms with Crippen molar-refractivity contribution in [3.8, 4) is 17.2 Å². The molecule has 1 saturated carbocycles. The molecule has 10 nitrogen and oxygen atoms in total. The Balaban J connectivity index is 1.28. The average Bonchev–Trinajstić information content (AvgIpc) is 3.67. The molecule has 3 aliphatic heterocycles. The maximum Gasteiger partial charge on any atom is 0.246 e. The Morgan fingerprint density at radius 2 is 1.77 bits per heavy atom. The average molecular weight is 590 g/mol. The minimum Gasteiger partial charge on any atom is -0.497 e. The van der Waals surface area contributed by atoms with E-state index < -0.39 is 29.6 Å². The predicted molar refractivity (Wildman–Crippen MR) is 159 cm³/mol. The van der Waals surface area contributed by atoms with Crippen LogP contribution in [0.3, 0.4) is 0 Å². The highest BCUT2D eigenvalue weighted by atomic mass is 16.5. The van der Waals surface area contributed by atoms with Gasteiger partial charge in [-0.3, -0.25) is 14.4 Å². The number of nitrogens with zero attached hydrogens (tertiary/aromatic N) is 1. The molecule has 2 bridgehead atoms. The monoisotopic (exact) mass is 589 g/mol. The number of carbonyl (C=O) groups is 3. The number of fused-ring (bicyclic) bond motifs is 1. The Morgan fingerprint density at radius 3 is 2.51 bits per heavy atom. The molecule has 1 spiro atoms. The Kier molecular flexibility index (Phi) is 8.05. The van der Waals surface area contributed by atoms with E-state index in [-0.39, 0.29) is 30.3 Å². The van der Waals surface area contributed by atoms with Gasteiger partial charge in [-0.25, -0.2) is 0 Å². The molecule has 2 saturated heterocycles. The summed E-state index contributed by atoms with van der Waals surface area (Å²) < 4.78 is 22.6. The van der Waals surface area contributed by atoms with Crippen LogP contribution in [0.1, 0.15) is 37.7 Å². The van der Waals surface area contributed by atoms with Gasteiger partial charge in [0.05, 0.1) is 39.3 Å². The Labute approximate surface area is 251 Å². The van der Waals surface area contributed by atoms with Gasteiger partial charge in [0.25, 0.3) is 0 Å². The molecule has 3 amide bonds. The van der Waals surface area contributed by atoms with Gasteiger partial charge in [-0.2, -0.15) is 0 Å². The van der Waals surface area contributed by atoms with Gasteiger partial charge in [0, 0.05) is 24.3 Å². The van der Waals surface area contributed by atoms with E-state index in [1.54, 1.807) is 50.5 Å². The molecule has 0 unspecified atom stereocenters. The predicted octanol–water partition coefficient (Wildman–Crippen LogP) is 3.49. The van der Waals surface area contributed by atoms with Gasteiger partial charge >= 0.3 is 0 Å². The van der Waals surface area contributed by atoms with Gasteiger partial charge < -0.3 is 34.5 Å². The van der Waals surface area contributed by atoms with Crippen LogP contribution in [0.4, 0.5) is 5.69 Å². The smallest absolute Gasteiger partial charge is 0.246 e. The zero-order valence-corrected chi connectivity index (χ0v) is 24.8. The number of methoxy groups -OCH3 is 3. The lowest BCUT2D eigenvalue weighted by molar-refractivity contribution is -0.141. The van der Waals surface area contributed by atoms with Crippen LogP contribution in [0.2, 0.25) is 0 Å². The van der Waals surface area contributed by atoms with Crippen molar-refractivity contribution in [3.63, 3.8) is 0 Å². The topological polar surface area (TPSA) is 115 Å². The molecule has 0 aromatic heterocycles. The summed E-state index contributed by atoms with van der Waals surface area (Å²) in [5.74, 6) is -0.584. The highest BCUT2D eigenvalue weighted by Gasteiger charge is 2.72. The number of nitrogens with one attached hydrogen (secondary N) is 2. The highest BCUT2D eigenvalue weighted by Crippen LogP contribution is 2.55. The quantitative estimate of drug-likeness (QED) is 0.408. The van der Waals surface area contributed by atoms with Crippen molar-refractivity contribution in [2.75, 3.05) is 33.2 Å².